The largest absolute Gasteiger partial charge is 0.398 e. The summed E-state index contributed by atoms with van der Waals surface area (Å²) in [6.07, 6.45) is 2.86. The summed E-state index contributed by atoms with van der Waals surface area (Å²) in [5.41, 5.74) is 6.92. The van der Waals surface area contributed by atoms with Crippen LogP contribution in [0.15, 0.2) is 17.0 Å². The lowest BCUT2D eigenvalue weighted by Crippen LogP contribution is -2.14. The molecule has 8 heteroatoms. The number of fused-ring (bicyclic) bond motifs is 1. The number of rotatable bonds is 3. The molecule has 1 aromatic carbocycles. The Kier molecular flexibility index (Phi) is 3.37. The smallest absolute Gasteiger partial charge is 0.263 e. The molecule has 21 heavy (non-hydrogen) atoms. The van der Waals surface area contributed by atoms with Gasteiger partial charge in [-0.05, 0) is 38.3 Å². The Morgan fingerprint density at radius 2 is 2.14 bits per heavy atom. The van der Waals surface area contributed by atoms with Crippen molar-refractivity contribution in [2.24, 2.45) is 0 Å². The van der Waals surface area contributed by atoms with Gasteiger partial charge in [0.25, 0.3) is 10.0 Å². The molecule has 0 amide bonds. The quantitative estimate of drug-likeness (QED) is 0.848. The van der Waals surface area contributed by atoms with E-state index < -0.39 is 15.8 Å². The molecule has 3 N–H and O–H groups in total. The first-order valence-corrected chi connectivity index (χ1v) is 8.74. The molecule has 1 aliphatic rings. The van der Waals surface area contributed by atoms with Gasteiger partial charge in [-0.25, -0.2) is 17.8 Å². The monoisotopic (exact) mass is 327 g/mol. The van der Waals surface area contributed by atoms with Crippen molar-refractivity contribution >= 4 is 32.2 Å². The summed E-state index contributed by atoms with van der Waals surface area (Å²) in [7, 11) is -3.88. The highest BCUT2D eigenvalue weighted by Gasteiger charge is 2.22. The fraction of sp³-hybridized carbons (Fsp3) is 0.308. The Morgan fingerprint density at radius 3 is 2.81 bits per heavy atom. The van der Waals surface area contributed by atoms with Crippen molar-refractivity contribution in [3.63, 3.8) is 0 Å². The van der Waals surface area contributed by atoms with Gasteiger partial charge in [0.05, 0.1) is 10.6 Å². The number of aryl methyl sites for hydroxylation is 2. The highest BCUT2D eigenvalue weighted by atomic mass is 32.2. The van der Waals surface area contributed by atoms with Gasteiger partial charge in [0, 0.05) is 16.1 Å². The first kappa shape index (κ1) is 14.3. The van der Waals surface area contributed by atoms with Crippen molar-refractivity contribution in [2.75, 3.05) is 10.5 Å². The Balaban J connectivity index is 1.93. The second-order valence-corrected chi connectivity index (χ2v) is 7.73. The maximum Gasteiger partial charge on any atom is 0.263 e. The van der Waals surface area contributed by atoms with Crippen LogP contribution in [0.2, 0.25) is 0 Å². The van der Waals surface area contributed by atoms with Crippen LogP contribution in [0.3, 0.4) is 0 Å². The van der Waals surface area contributed by atoms with E-state index in [2.05, 4.69) is 9.71 Å². The molecule has 1 heterocycles. The summed E-state index contributed by atoms with van der Waals surface area (Å²) in [4.78, 5) is 5.18. The Labute approximate surface area is 126 Å². The molecule has 1 aromatic heterocycles. The number of thiazole rings is 1. The van der Waals surface area contributed by atoms with Gasteiger partial charge in [0.2, 0.25) is 0 Å². The summed E-state index contributed by atoms with van der Waals surface area (Å²) in [6.45, 7) is 1.50. The number of nitrogens with two attached hydrogens (primary N) is 1. The van der Waals surface area contributed by atoms with E-state index >= 15 is 0 Å². The molecule has 0 saturated carbocycles. The fourth-order valence-electron chi connectivity index (χ4n) is 2.24. The molecule has 0 fully saturated rings. The van der Waals surface area contributed by atoms with Gasteiger partial charge in [-0.3, -0.25) is 4.72 Å². The summed E-state index contributed by atoms with van der Waals surface area (Å²) in [5, 5.41) is 0.319. The summed E-state index contributed by atoms with van der Waals surface area (Å²) in [6, 6.07) is 2.22. The number of aromatic nitrogens is 1. The molecule has 0 atom stereocenters. The fourth-order valence-corrected chi connectivity index (χ4v) is 4.57. The van der Waals surface area contributed by atoms with Crippen LogP contribution in [0, 0.1) is 12.7 Å². The van der Waals surface area contributed by atoms with E-state index in [4.69, 9.17) is 5.73 Å². The number of hydrogen-bond donors (Lipinski definition) is 2. The van der Waals surface area contributed by atoms with Gasteiger partial charge in [0.15, 0.2) is 5.13 Å². The number of nitrogens with one attached hydrogen (secondary N) is 1. The van der Waals surface area contributed by atoms with E-state index in [1.807, 2.05) is 0 Å². The first-order chi connectivity index (χ1) is 9.87. The number of nitrogen functional groups attached to an aromatic ring is 1. The molecule has 0 spiro atoms. The van der Waals surface area contributed by atoms with Crippen molar-refractivity contribution in [2.45, 2.75) is 31.1 Å². The maximum atomic E-state index is 13.7. The summed E-state index contributed by atoms with van der Waals surface area (Å²) in [5.74, 6) is -0.642. The molecule has 2 aromatic rings. The van der Waals surface area contributed by atoms with Crippen LogP contribution in [-0.2, 0) is 22.9 Å². The highest BCUT2D eigenvalue weighted by molar-refractivity contribution is 7.93. The number of halogens is 1. The predicted molar refractivity (Wildman–Crippen MR) is 80.5 cm³/mol. The Bertz CT molecular complexity index is 770. The molecular weight excluding hydrogens is 313 g/mol. The van der Waals surface area contributed by atoms with E-state index in [1.165, 1.54) is 24.3 Å². The van der Waals surface area contributed by atoms with Crippen LogP contribution in [0.25, 0.3) is 0 Å². The molecule has 3 rings (SSSR count). The molecular formula is C13H14FN3O2S2. The third-order valence-electron chi connectivity index (χ3n) is 3.49. The van der Waals surface area contributed by atoms with Gasteiger partial charge in [-0.15, -0.1) is 11.3 Å². The topological polar surface area (TPSA) is 85.1 Å². The van der Waals surface area contributed by atoms with Crippen LogP contribution in [0.5, 0.6) is 0 Å². The third kappa shape index (κ3) is 2.60. The normalized spacial score (nSPS) is 14.2. The second-order valence-electron chi connectivity index (χ2n) is 4.97. The zero-order chi connectivity index (χ0) is 15.2. The van der Waals surface area contributed by atoms with Crippen LogP contribution >= 0.6 is 11.3 Å². The molecule has 112 valence electrons. The minimum absolute atomic E-state index is 0.108. The van der Waals surface area contributed by atoms with E-state index in [0.29, 0.717) is 5.13 Å². The lowest BCUT2D eigenvalue weighted by Gasteiger charge is -2.08. The minimum Gasteiger partial charge on any atom is -0.398 e. The van der Waals surface area contributed by atoms with Crippen molar-refractivity contribution < 1.29 is 12.8 Å². The Morgan fingerprint density at radius 1 is 1.38 bits per heavy atom. The average molecular weight is 327 g/mol. The minimum atomic E-state index is -3.88. The van der Waals surface area contributed by atoms with Crippen molar-refractivity contribution in [3.8, 4) is 0 Å². The van der Waals surface area contributed by atoms with E-state index in [9.17, 15) is 12.8 Å². The average Bonchev–Trinajstić information content (AvgIpc) is 2.95. The third-order valence-corrected chi connectivity index (χ3v) is 6.01. The second kappa shape index (κ2) is 4.96. The standard InChI is InChI=1S/C13H14FN3O2S2/c1-7-9(14)5-8(6-10(7)15)21(18,19)17-13-16-11-3-2-4-12(11)20-13/h5-6H,2-4,15H2,1H3,(H,16,17). The highest BCUT2D eigenvalue weighted by Crippen LogP contribution is 2.32. The molecule has 0 unspecified atom stereocenters. The van der Waals surface area contributed by atoms with E-state index in [-0.39, 0.29) is 16.1 Å². The van der Waals surface area contributed by atoms with Crippen molar-refractivity contribution in [3.05, 3.63) is 34.1 Å². The van der Waals surface area contributed by atoms with Crippen LogP contribution < -0.4 is 10.5 Å². The van der Waals surface area contributed by atoms with Gasteiger partial charge in [-0.2, -0.15) is 0 Å². The molecule has 0 aliphatic heterocycles. The molecule has 5 nitrogen and oxygen atoms in total. The summed E-state index contributed by atoms with van der Waals surface area (Å²) < 4.78 is 40.6. The summed E-state index contributed by atoms with van der Waals surface area (Å²) >= 11 is 1.33. The molecule has 0 bridgehead atoms. The van der Waals surface area contributed by atoms with Crippen LogP contribution in [-0.4, -0.2) is 13.4 Å². The van der Waals surface area contributed by atoms with Crippen molar-refractivity contribution in [1.82, 2.24) is 4.98 Å². The molecule has 0 saturated heterocycles. The van der Waals surface area contributed by atoms with Crippen LogP contribution in [0.1, 0.15) is 22.6 Å². The van der Waals surface area contributed by atoms with Gasteiger partial charge in [0.1, 0.15) is 5.82 Å². The first-order valence-electron chi connectivity index (χ1n) is 6.44. The zero-order valence-electron chi connectivity index (χ0n) is 11.3. The van der Waals surface area contributed by atoms with Gasteiger partial charge < -0.3 is 5.73 Å². The number of hydrogen-bond acceptors (Lipinski definition) is 5. The SMILES string of the molecule is Cc1c(N)cc(S(=O)(=O)Nc2nc3c(s2)CCC3)cc1F. The number of benzene rings is 1. The maximum absolute atomic E-state index is 13.7. The number of nitrogens with zero attached hydrogens (tertiary/aromatic N) is 1. The lowest BCUT2D eigenvalue weighted by molar-refractivity contribution is 0.593. The number of sulfonamides is 1. The van der Waals surface area contributed by atoms with Gasteiger partial charge >= 0.3 is 0 Å². The molecule has 0 radical (unpaired) electrons. The van der Waals surface area contributed by atoms with Gasteiger partial charge in [-0.1, -0.05) is 0 Å². The van der Waals surface area contributed by atoms with Crippen LogP contribution in [0.4, 0.5) is 15.2 Å². The lowest BCUT2D eigenvalue weighted by atomic mass is 10.2. The van der Waals surface area contributed by atoms with E-state index in [0.717, 1.165) is 35.9 Å². The van der Waals surface area contributed by atoms with Crippen molar-refractivity contribution in [1.29, 1.82) is 0 Å². The predicted octanol–water partition coefficient (Wildman–Crippen LogP) is 2.46. The zero-order valence-corrected chi connectivity index (χ0v) is 12.9. The van der Waals surface area contributed by atoms with E-state index in [1.54, 1.807) is 0 Å². The molecule has 1 aliphatic carbocycles. The Hall–Kier alpha value is -1.67. The number of anilines is 2.